The summed E-state index contributed by atoms with van der Waals surface area (Å²) >= 11 is 0. The molecule has 5 N–H and O–H groups in total. The summed E-state index contributed by atoms with van der Waals surface area (Å²) in [4.78, 5) is 0. The monoisotopic (exact) mass is 272 g/mol. The van der Waals surface area contributed by atoms with Crippen LogP contribution in [0, 0.1) is 0 Å². The minimum atomic E-state index is -0.291. The fraction of sp³-hybridized carbons (Fsp3) is 0.250. The van der Waals surface area contributed by atoms with Gasteiger partial charge in [0.05, 0.1) is 11.4 Å². The number of anilines is 2. The molecule has 106 valence electrons. The van der Waals surface area contributed by atoms with E-state index in [2.05, 4.69) is 19.2 Å². The average Bonchev–Trinajstić information content (AvgIpc) is 2.42. The summed E-state index contributed by atoms with van der Waals surface area (Å²) in [7, 11) is 1.77. The van der Waals surface area contributed by atoms with Gasteiger partial charge < -0.3 is 21.3 Å². The van der Waals surface area contributed by atoms with Crippen LogP contribution in [-0.2, 0) is 5.41 Å². The van der Waals surface area contributed by atoms with Crippen LogP contribution in [0.1, 0.15) is 25.0 Å². The summed E-state index contributed by atoms with van der Waals surface area (Å²) < 4.78 is 0. The number of nitrogens with one attached hydrogen (secondary N) is 1. The number of phenols is 2. The van der Waals surface area contributed by atoms with Crippen molar-refractivity contribution in [2.24, 2.45) is 0 Å². The lowest BCUT2D eigenvalue weighted by Gasteiger charge is -2.27. The molecule has 0 aromatic heterocycles. The second-order valence-electron chi connectivity index (χ2n) is 5.38. The van der Waals surface area contributed by atoms with Gasteiger partial charge in [-0.3, -0.25) is 0 Å². The lowest BCUT2D eigenvalue weighted by atomic mass is 9.78. The van der Waals surface area contributed by atoms with Gasteiger partial charge in [-0.05, 0) is 35.4 Å². The van der Waals surface area contributed by atoms with Crippen LogP contribution in [0.25, 0.3) is 0 Å². The largest absolute Gasteiger partial charge is 0.506 e. The molecule has 2 rings (SSSR count). The van der Waals surface area contributed by atoms with E-state index in [4.69, 9.17) is 5.73 Å². The predicted molar refractivity (Wildman–Crippen MR) is 82.3 cm³/mol. The van der Waals surface area contributed by atoms with Gasteiger partial charge in [-0.25, -0.2) is 0 Å². The third-order valence-corrected chi connectivity index (χ3v) is 3.74. The summed E-state index contributed by atoms with van der Waals surface area (Å²) in [5.74, 6) is 0.309. The molecule has 0 amide bonds. The second-order valence-corrected chi connectivity index (χ2v) is 5.38. The lowest BCUT2D eigenvalue weighted by molar-refractivity contribution is 0.476. The van der Waals surface area contributed by atoms with Crippen LogP contribution >= 0.6 is 0 Å². The van der Waals surface area contributed by atoms with Gasteiger partial charge in [-0.15, -0.1) is 0 Å². The topological polar surface area (TPSA) is 78.5 Å². The van der Waals surface area contributed by atoms with Gasteiger partial charge in [0.1, 0.15) is 11.5 Å². The average molecular weight is 272 g/mol. The van der Waals surface area contributed by atoms with Gasteiger partial charge in [0.25, 0.3) is 0 Å². The molecule has 0 heterocycles. The second kappa shape index (κ2) is 4.96. The number of hydrogen-bond donors (Lipinski definition) is 4. The number of rotatable bonds is 3. The quantitative estimate of drug-likeness (QED) is 0.511. The SMILES string of the molecule is CNc1cc(C(C)(C)c2ccc(O)c(N)c2)ccc1O. The highest BCUT2D eigenvalue weighted by Crippen LogP contribution is 2.37. The van der Waals surface area contributed by atoms with Crippen LogP contribution in [0.4, 0.5) is 11.4 Å². The molecule has 0 aliphatic heterocycles. The maximum absolute atomic E-state index is 9.74. The fourth-order valence-electron chi connectivity index (χ4n) is 2.23. The van der Waals surface area contributed by atoms with E-state index in [1.165, 1.54) is 0 Å². The third kappa shape index (κ3) is 2.37. The number of hydrogen-bond acceptors (Lipinski definition) is 4. The van der Waals surface area contributed by atoms with Gasteiger partial charge >= 0.3 is 0 Å². The molecule has 0 atom stereocenters. The summed E-state index contributed by atoms with van der Waals surface area (Å²) in [5, 5.41) is 22.2. The summed E-state index contributed by atoms with van der Waals surface area (Å²) in [5.41, 5.74) is 8.58. The van der Waals surface area contributed by atoms with E-state index in [-0.39, 0.29) is 16.9 Å². The number of aromatic hydroxyl groups is 2. The Hall–Kier alpha value is -2.36. The molecule has 0 aliphatic rings. The van der Waals surface area contributed by atoms with Crippen molar-refractivity contribution in [1.29, 1.82) is 0 Å². The number of nitrogens with two attached hydrogens (primary N) is 1. The summed E-state index contributed by atoms with van der Waals surface area (Å²) in [6.07, 6.45) is 0. The van der Waals surface area contributed by atoms with E-state index in [0.717, 1.165) is 11.1 Å². The Labute approximate surface area is 118 Å². The van der Waals surface area contributed by atoms with Gasteiger partial charge in [0, 0.05) is 12.5 Å². The van der Waals surface area contributed by atoms with Crippen molar-refractivity contribution in [3.8, 4) is 11.5 Å². The molecule has 0 unspecified atom stereocenters. The van der Waals surface area contributed by atoms with Crippen LogP contribution in [0.15, 0.2) is 36.4 Å². The van der Waals surface area contributed by atoms with Crippen LogP contribution in [0.3, 0.4) is 0 Å². The molecule has 0 bridgehead atoms. The van der Waals surface area contributed by atoms with Gasteiger partial charge in [0.15, 0.2) is 0 Å². The smallest absolute Gasteiger partial charge is 0.138 e. The van der Waals surface area contributed by atoms with Crippen molar-refractivity contribution < 1.29 is 10.2 Å². The molecule has 2 aromatic carbocycles. The highest BCUT2D eigenvalue weighted by Gasteiger charge is 2.24. The van der Waals surface area contributed by atoms with E-state index in [9.17, 15) is 10.2 Å². The molecule has 20 heavy (non-hydrogen) atoms. The van der Waals surface area contributed by atoms with E-state index in [1.54, 1.807) is 25.2 Å². The first-order valence-corrected chi connectivity index (χ1v) is 6.46. The Morgan fingerprint density at radius 1 is 0.950 bits per heavy atom. The first kappa shape index (κ1) is 14.1. The summed E-state index contributed by atoms with van der Waals surface area (Å²) in [6, 6.07) is 10.7. The highest BCUT2D eigenvalue weighted by molar-refractivity contribution is 5.60. The first-order chi connectivity index (χ1) is 9.36. The highest BCUT2D eigenvalue weighted by atomic mass is 16.3. The maximum Gasteiger partial charge on any atom is 0.138 e. The van der Waals surface area contributed by atoms with E-state index in [1.807, 2.05) is 18.2 Å². The zero-order valence-corrected chi connectivity index (χ0v) is 11.9. The van der Waals surface area contributed by atoms with Crippen LogP contribution in [0.2, 0.25) is 0 Å². The number of benzene rings is 2. The zero-order chi connectivity index (χ0) is 14.9. The molecule has 2 aromatic rings. The predicted octanol–water partition coefficient (Wildman–Crippen LogP) is 3.05. The molecule has 0 radical (unpaired) electrons. The minimum Gasteiger partial charge on any atom is -0.506 e. The Morgan fingerprint density at radius 2 is 1.50 bits per heavy atom. The van der Waals surface area contributed by atoms with Crippen molar-refractivity contribution in [3.63, 3.8) is 0 Å². The molecule has 0 saturated carbocycles. The molecule has 4 nitrogen and oxygen atoms in total. The van der Waals surface area contributed by atoms with Crippen LogP contribution in [-0.4, -0.2) is 17.3 Å². The van der Waals surface area contributed by atoms with E-state index < -0.39 is 0 Å². The molecular formula is C16H20N2O2. The van der Waals surface area contributed by atoms with Crippen molar-refractivity contribution in [1.82, 2.24) is 0 Å². The lowest BCUT2D eigenvalue weighted by Crippen LogP contribution is -2.19. The Bertz CT molecular complexity index is 636. The molecular weight excluding hydrogens is 252 g/mol. The van der Waals surface area contributed by atoms with Gasteiger partial charge in [-0.1, -0.05) is 26.0 Å². The first-order valence-electron chi connectivity index (χ1n) is 6.46. The number of phenolic OH excluding ortho intramolecular Hbond substituents is 2. The Balaban J connectivity index is 2.50. The normalized spacial score (nSPS) is 11.3. The fourth-order valence-corrected chi connectivity index (χ4v) is 2.23. The van der Waals surface area contributed by atoms with Gasteiger partial charge in [0.2, 0.25) is 0 Å². The molecule has 0 aliphatic carbocycles. The van der Waals surface area contributed by atoms with E-state index in [0.29, 0.717) is 11.4 Å². The summed E-state index contributed by atoms with van der Waals surface area (Å²) in [6.45, 7) is 4.15. The zero-order valence-electron chi connectivity index (χ0n) is 11.9. The Kier molecular flexibility index (Phi) is 3.49. The van der Waals surface area contributed by atoms with Crippen molar-refractivity contribution in [2.75, 3.05) is 18.1 Å². The number of nitrogen functional groups attached to an aromatic ring is 1. The van der Waals surface area contributed by atoms with Gasteiger partial charge in [-0.2, -0.15) is 0 Å². The minimum absolute atomic E-state index is 0.0890. The molecule has 0 saturated heterocycles. The van der Waals surface area contributed by atoms with Crippen molar-refractivity contribution in [2.45, 2.75) is 19.3 Å². The third-order valence-electron chi connectivity index (χ3n) is 3.74. The van der Waals surface area contributed by atoms with Crippen molar-refractivity contribution in [3.05, 3.63) is 47.5 Å². The van der Waals surface area contributed by atoms with E-state index >= 15 is 0 Å². The van der Waals surface area contributed by atoms with Crippen LogP contribution < -0.4 is 11.1 Å². The molecule has 4 heteroatoms. The standard InChI is InChI=1S/C16H20N2O2/c1-16(2,10-4-6-14(19)12(17)8-10)11-5-7-15(20)13(9-11)18-3/h4-9,18-20H,17H2,1-3H3. The molecule has 0 fully saturated rings. The Morgan fingerprint density at radius 3 is 2.05 bits per heavy atom. The van der Waals surface area contributed by atoms with Crippen LogP contribution in [0.5, 0.6) is 11.5 Å². The maximum atomic E-state index is 9.74. The molecule has 0 spiro atoms. The van der Waals surface area contributed by atoms with Crippen molar-refractivity contribution >= 4 is 11.4 Å².